The second-order valence-electron chi connectivity index (χ2n) is 4.44. The molecule has 0 aliphatic rings. The molecule has 6 nitrogen and oxygen atoms in total. The Balaban J connectivity index is 2.59. The van der Waals surface area contributed by atoms with Crippen molar-refractivity contribution in [3.63, 3.8) is 0 Å². The fourth-order valence-corrected chi connectivity index (χ4v) is 2.50. The molecule has 0 spiro atoms. The SMILES string of the molecule is CNS(=O)(=O)c1ccc(N)c(NCCCCCOC)c1. The van der Waals surface area contributed by atoms with Crippen molar-refractivity contribution in [2.75, 3.05) is 38.4 Å². The van der Waals surface area contributed by atoms with Gasteiger partial charge >= 0.3 is 0 Å². The number of unbranched alkanes of at least 4 members (excludes halogenated alkanes) is 2. The summed E-state index contributed by atoms with van der Waals surface area (Å²) < 4.78 is 30.7. The summed E-state index contributed by atoms with van der Waals surface area (Å²) in [6.07, 6.45) is 3.04. The summed E-state index contributed by atoms with van der Waals surface area (Å²) in [6.45, 7) is 1.51. The average molecular weight is 301 g/mol. The van der Waals surface area contributed by atoms with E-state index in [9.17, 15) is 8.42 Å². The number of nitrogens with one attached hydrogen (secondary N) is 2. The molecular weight excluding hydrogens is 278 g/mol. The van der Waals surface area contributed by atoms with Gasteiger partial charge in [-0.05, 0) is 44.5 Å². The molecule has 0 saturated heterocycles. The van der Waals surface area contributed by atoms with Gasteiger partial charge in [-0.1, -0.05) is 0 Å². The van der Waals surface area contributed by atoms with E-state index in [0.29, 0.717) is 11.4 Å². The number of benzene rings is 1. The van der Waals surface area contributed by atoms with Crippen molar-refractivity contribution in [2.24, 2.45) is 0 Å². The van der Waals surface area contributed by atoms with Crippen molar-refractivity contribution >= 4 is 21.4 Å². The lowest BCUT2D eigenvalue weighted by atomic mass is 10.2. The first-order valence-electron chi connectivity index (χ1n) is 6.57. The maximum Gasteiger partial charge on any atom is 0.240 e. The number of hydrogen-bond acceptors (Lipinski definition) is 5. The maximum atomic E-state index is 11.7. The van der Waals surface area contributed by atoms with Crippen molar-refractivity contribution in [1.29, 1.82) is 0 Å². The molecule has 0 unspecified atom stereocenters. The standard InChI is InChI=1S/C13H23N3O3S/c1-15-20(17,18)11-6-7-12(14)13(10-11)16-8-4-3-5-9-19-2/h6-7,10,15-16H,3-5,8-9,14H2,1-2H3. The van der Waals surface area contributed by atoms with Gasteiger partial charge in [0.25, 0.3) is 0 Å². The molecule has 1 aromatic carbocycles. The van der Waals surface area contributed by atoms with Crippen LogP contribution in [-0.2, 0) is 14.8 Å². The number of hydrogen-bond donors (Lipinski definition) is 3. The van der Waals surface area contributed by atoms with Crippen LogP contribution in [0.5, 0.6) is 0 Å². The largest absolute Gasteiger partial charge is 0.397 e. The molecule has 0 aliphatic carbocycles. The minimum atomic E-state index is -3.44. The third-order valence-electron chi connectivity index (χ3n) is 2.94. The molecule has 0 aliphatic heterocycles. The Morgan fingerprint density at radius 2 is 2.00 bits per heavy atom. The molecule has 114 valence electrons. The van der Waals surface area contributed by atoms with Crippen LogP contribution in [0.2, 0.25) is 0 Å². The zero-order valence-electron chi connectivity index (χ0n) is 12.0. The molecule has 20 heavy (non-hydrogen) atoms. The molecule has 0 fully saturated rings. The highest BCUT2D eigenvalue weighted by Crippen LogP contribution is 2.22. The van der Waals surface area contributed by atoms with Crippen LogP contribution in [0.3, 0.4) is 0 Å². The molecule has 0 bridgehead atoms. The molecule has 1 aromatic rings. The fourth-order valence-electron chi connectivity index (χ4n) is 1.74. The summed E-state index contributed by atoms with van der Waals surface area (Å²) in [6, 6.07) is 4.64. The van der Waals surface area contributed by atoms with Crippen LogP contribution >= 0.6 is 0 Å². The Hall–Kier alpha value is -1.31. The number of anilines is 2. The number of nitrogen functional groups attached to an aromatic ring is 1. The predicted molar refractivity (Wildman–Crippen MR) is 81.3 cm³/mol. The Morgan fingerprint density at radius 1 is 1.25 bits per heavy atom. The van der Waals surface area contributed by atoms with Crippen LogP contribution in [0.15, 0.2) is 23.1 Å². The molecule has 0 heterocycles. The van der Waals surface area contributed by atoms with Gasteiger partial charge < -0.3 is 15.8 Å². The first kappa shape index (κ1) is 16.7. The maximum absolute atomic E-state index is 11.7. The first-order valence-corrected chi connectivity index (χ1v) is 8.05. The lowest BCUT2D eigenvalue weighted by Gasteiger charge is -2.11. The lowest BCUT2D eigenvalue weighted by Crippen LogP contribution is -2.19. The molecule has 0 saturated carbocycles. The summed E-state index contributed by atoms with van der Waals surface area (Å²) in [7, 11) is -0.371. The van der Waals surface area contributed by atoms with Gasteiger partial charge in [-0.2, -0.15) is 0 Å². The van der Waals surface area contributed by atoms with Crippen molar-refractivity contribution in [1.82, 2.24) is 4.72 Å². The van der Waals surface area contributed by atoms with Crippen molar-refractivity contribution < 1.29 is 13.2 Å². The van der Waals surface area contributed by atoms with Gasteiger partial charge in [-0.25, -0.2) is 13.1 Å². The topological polar surface area (TPSA) is 93.5 Å². The molecule has 7 heteroatoms. The van der Waals surface area contributed by atoms with Crippen LogP contribution in [-0.4, -0.2) is 35.7 Å². The van der Waals surface area contributed by atoms with E-state index in [0.717, 1.165) is 32.4 Å². The zero-order chi connectivity index (χ0) is 15.0. The smallest absolute Gasteiger partial charge is 0.240 e. The van der Waals surface area contributed by atoms with E-state index < -0.39 is 10.0 Å². The second kappa shape index (κ2) is 8.08. The third kappa shape index (κ3) is 4.99. The van der Waals surface area contributed by atoms with E-state index in [1.807, 2.05) is 0 Å². The van der Waals surface area contributed by atoms with E-state index in [-0.39, 0.29) is 4.90 Å². The number of nitrogens with two attached hydrogens (primary N) is 1. The zero-order valence-corrected chi connectivity index (χ0v) is 12.8. The molecular formula is C13H23N3O3S. The summed E-state index contributed by atoms with van der Waals surface area (Å²) in [5.74, 6) is 0. The normalized spacial score (nSPS) is 11.5. The van der Waals surface area contributed by atoms with E-state index in [1.165, 1.54) is 13.1 Å². The number of methoxy groups -OCH3 is 1. The minimum Gasteiger partial charge on any atom is -0.397 e. The lowest BCUT2D eigenvalue weighted by molar-refractivity contribution is 0.192. The van der Waals surface area contributed by atoms with E-state index in [1.54, 1.807) is 19.2 Å². The molecule has 0 aromatic heterocycles. The summed E-state index contributed by atoms with van der Waals surface area (Å²) in [5.41, 5.74) is 7.02. The van der Waals surface area contributed by atoms with E-state index in [2.05, 4.69) is 10.0 Å². The highest BCUT2D eigenvalue weighted by Gasteiger charge is 2.12. The molecule has 0 radical (unpaired) electrons. The highest BCUT2D eigenvalue weighted by atomic mass is 32.2. The number of sulfonamides is 1. The number of rotatable bonds is 9. The van der Waals surface area contributed by atoms with E-state index >= 15 is 0 Å². The van der Waals surface area contributed by atoms with Crippen LogP contribution in [0.25, 0.3) is 0 Å². The fraction of sp³-hybridized carbons (Fsp3) is 0.538. The average Bonchev–Trinajstić information content (AvgIpc) is 2.44. The van der Waals surface area contributed by atoms with Gasteiger partial charge in [0.05, 0.1) is 16.3 Å². The Morgan fingerprint density at radius 3 is 2.65 bits per heavy atom. The van der Waals surface area contributed by atoms with Gasteiger partial charge in [0.2, 0.25) is 10.0 Å². The Kier molecular flexibility index (Phi) is 6.77. The number of ether oxygens (including phenoxy) is 1. The molecule has 4 N–H and O–H groups in total. The summed E-state index contributed by atoms with van der Waals surface area (Å²) >= 11 is 0. The summed E-state index contributed by atoms with van der Waals surface area (Å²) in [4.78, 5) is 0.205. The Labute approximate surface area is 120 Å². The molecule has 0 amide bonds. The monoisotopic (exact) mass is 301 g/mol. The van der Waals surface area contributed by atoms with Crippen molar-refractivity contribution in [3.05, 3.63) is 18.2 Å². The van der Waals surface area contributed by atoms with Gasteiger partial charge in [-0.3, -0.25) is 0 Å². The van der Waals surface area contributed by atoms with Crippen LogP contribution in [0, 0.1) is 0 Å². The van der Waals surface area contributed by atoms with Gasteiger partial charge in [0, 0.05) is 20.3 Å². The molecule has 0 atom stereocenters. The summed E-state index contributed by atoms with van der Waals surface area (Å²) in [5, 5.41) is 3.17. The van der Waals surface area contributed by atoms with Crippen LogP contribution in [0.1, 0.15) is 19.3 Å². The van der Waals surface area contributed by atoms with E-state index in [4.69, 9.17) is 10.5 Å². The van der Waals surface area contributed by atoms with Crippen LogP contribution in [0.4, 0.5) is 11.4 Å². The Bertz CT molecular complexity index is 518. The van der Waals surface area contributed by atoms with Crippen molar-refractivity contribution in [2.45, 2.75) is 24.2 Å². The molecule has 1 rings (SSSR count). The first-order chi connectivity index (χ1) is 9.51. The third-order valence-corrected chi connectivity index (χ3v) is 4.36. The highest BCUT2D eigenvalue weighted by molar-refractivity contribution is 7.89. The predicted octanol–water partition coefficient (Wildman–Crippen LogP) is 1.41. The second-order valence-corrected chi connectivity index (χ2v) is 6.32. The van der Waals surface area contributed by atoms with Crippen molar-refractivity contribution in [3.8, 4) is 0 Å². The minimum absolute atomic E-state index is 0.205. The van der Waals surface area contributed by atoms with Crippen LogP contribution < -0.4 is 15.8 Å². The quantitative estimate of drug-likeness (QED) is 0.473. The van der Waals surface area contributed by atoms with Gasteiger partial charge in [0.15, 0.2) is 0 Å². The van der Waals surface area contributed by atoms with Gasteiger partial charge in [-0.15, -0.1) is 0 Å². The van der Waals surface area contributed by atoms with Gasteiger partial charge in [0.1, 0.15) is 0 Å².